The van der Waals surface area contributed by atoms with Gasteiger partial charge in [0.2, 0.25) is 0 Å². The average molecular weight is 428 g/mol. The number of ether oxygens (including phenoxy) is 1. The summed E-state index contributed by atoms with van der Waals surface area (Å²) in [7, 11) is 1.76. The fourth-order valence-electron chi connectivity index (χ4n) is 3.65. The monoisotopic (exact) mass is 427 g/mol. The fourth-order valence-corrected chi connectivity index (χ4v) is 3.85. The third kappa shape index (κ3) is 4.89. The Labute approximate surface area is 180 Å². The molecular formula is C21H26ClN7O. The van der Waals surface area contributed by atoms with E-state index in [4.69, 9.17) is 16.3 Å². The summed E-state index contributed by atoms with van der Waals surface area (Å²) in [5.74, 6) is 1.54. The van der Waals surface area contributed by atoms with E-state index >= 15 is 0 Å². The van der Waals surface area contributed by atoms with Crippen molar-refractivity contribution in [1.82, 2.24) is 30.1 Å². The Hall–Kier alpha value is -2.68. The maximum absolute atomic E-state index is 6.26. The molecule has 1 aliphatic rings. The SMILES string of the molecule is CN=C(NCc1nnc2ccccn12)NCC(c1cccc(Cl)c1)N1CCOCC1. The van der Waals surface area contributed by atoms with E-state index in [2.05, 4.69) is 36.8 Å². The minimum absolute atomic E-state index is 0.167. The molecule has 1 fully saturated rings. The lowest BCUT2D eigenvalue weighted by Gasteiger charge is -2.35. The van der Waals surface area contributed by atoms with Crippen LogP contribution in [0.5, 0.6) is 0 Å². The summed E-state index contributed by atoms with van der Waals surface area (Å²) < 4.78 is 7.49. The highest BCUT2D eigenvalue weighted by Crippen LogP contribution is 2.24. The first-order valence-electron chi connectivity index (χ1n) is 10.0. The molecule has 0 saturated carbocycles. The molecule has 1 aliphatic heterocycles. The molecule has 0 spiro atoms. The van der Waals surface area contributed by atoms with Crippen LogP contribution < -0.4 is 10.6 Å². The van der Waals surface area contributed by atoms with Crippen LogP contribution in [0.4, 0.5) is 0 Å². The Morgan fingerprint density at radius 3 is 2.83 bits per heavy atom. The lowest BCUT2D eigenvalue weighted by molar-refractivity contribution is 0.0170. The third-order valence-electron chi connectivity index (χ3n) is 5.20. The molecule has 3 aromatic rings. The summed E-state index contributed by atoms with van der Waals surface area (Å²) in [6, 6.07) is 14.1. The number of nitrogens with one attached hydrogen (secondary N) is 2. The normalized spacial score (nSPS) is 16.5. The van der Waals surface area contributed by atoms with Crippen LogP contribution >= 0.6 is 11.6 Å². The van der Waals surface area contributed by atoms with Gasteiger partial charge in [-0.2, -0.15) is 0 Å². The van der Waals surface area contributed by atoms with Gasteiger partial charge in [-0.1, -0.05) is 29.8 Å². The van der Waals surface area contributed by atoms with E-state index in [0.717, 1.165) is 42.8 Å². The molecule has 2 aromatic heterocycles. The smallest absolute Gasteiger partial charge is 0.191 e. The third-order valence-corrected chi connectivity index (χ3v) is 5.44. The molecule has 1 saturated heterocycles. The molecule has 9 heteroatoms. The zero-order valence-electron chi connectivity index (χ0n) is 17.0. The first-order chi connectivity index (χ1) is 14.7. The number of hydrogen-bond donors (Lipinski definition) is 2. The molecule has 3 heterocycles. The van der Waals surface area contributed by atoms with Gasteiger partial charge in [0.15, 0.2) is 17.4 Å². The lowest BCUT2D eigenvalue weighted by atomic mass is 10.0. The van der Waals surface area contributed by atoms with E-state index in [1.807, 2.05) is 47.0 Å². The molecule has 2 N–H and O–H groups in total. The highest BCUT2D eigenvalue weighted by atomic mass is 35.5. The quantitative estimate of drug-likeness (QED) is 0.463. The number of halogens is 1. The minimum atomic E-state index is 0.167. The number of aromatic nitrogens is 3. The van der Waals surface area contributed by atoms with E-state index in [1.54, 1.807) is 7.05 Å². The van der Waals surface area contributed by atoms with Crippen molar-refractivity contribution >= 4 is 23.2 Å². The van der Waals surface area contributed by atoms with Crippen molar-refractivity contribution in [3.8, 4) is 0 Å². The van der Waals surface area contributed by atoms with Crippen molar-refractivity contribution < 1.29 is 4.74 Å². The molecule has 0 amide bonds. The van der Waals surface area contributed by atoms with Crippen molar-refractivity contribution in [2.24, 2.45) is 4.99 Å². The minimum Gasteiger partial charge on any atom is -0.379 e. The number of fused-ring (bicyclic) bond motifs is 1. The number of aliphatic imine (C=N–C) groups is 1. The summed E-state index contributed by atoms with van der Waals surface area (Å²) in [5, 5.41) is 16.0. The molecule has 1 unspecified atom stereocenters. The van der Waals surface area contributed by atoms with Gasteiger partial charge in [0.05, 0.1) is 25.8 Å². The van der Waals surface area contributed by atoms with Crippen LogP contribution in [0.15, 0.2) is 53.7 Å². The topological polar surface area (TPSA) is 79.1 Å². The molecule has 1 aromatic carbocycles. The summed E-state index contributed by atoms with van der Waals surface area (Å²) in [5.41, 5.74) is 2.00. The van der Waals surface area contributed by atoms with Crippen LogP contribution in [0.1, 0.15) is 17.4 Å². The Morgan fingerprint density at radius 1 is 1.17 bits per heavy atom. The van der Waals surface area contributed by atoms with Gasteiger partial charge >= 0.3 is 0 Å². The molecular weight excluding hydrogens is 402 g/mol. The van der Waals surface area contributed by atoms with Crippen LogP contribution in [-0.2, 0) is 11.3 Å². The Morgan fingerprint density at radius 2 is 2.03 bits per heavy atom. The van der Waals surface area contributed by atoms with Crippen molar-refractivity contribution in [3.63, 3.8) is 0 Å². The van der Waals surface area contributed by atoms with Gasteiger partial charge < -0.3 is 15.4 Å². The summed E-state index contributed by atoms with van der Waals surface area (Å²) in [6.45, 7) is 4.46. The molecule has 0 aliphatic carbocycles. The van der Waals surface area contributed by atoms with Gasteiger partial charge in [-0.3, -0.25) is 14.3 Å². The van der Waals surface area contributed by atoms with E-state index in [9.17, 15) is 0 Å². The van der Waals surface area contributed by atoms with E-state index < -0.39 is 0 Å². The number of morpholine rings is 1. The number of benzene rings is 1. The second kappa shape index (κ2) is 9.88. The van der Waals surface area contributed by atoms with Crippen LogP contribution in [0.25, 0.3) is 5.65 Å². The number of hydrogen-bond acceptors (Lipinski definition) is 5. The zero-order chi connectivity index (χ0) is 20.8. The number of guanidine groups is 1. The highest BCUT2D eigenvalue weighted by Gasteiger charge is 2.23. The largest absolute Gasteiger partial charge is 0.379 e. The predicted molar refractivity (Wildman–Crippen MR) is 118 cm³/mol. The summed E-state index contributed by atoms with van der Waals surface area (Å²) in [4.78, 5) is 6.78. The van der Waals surface area contributed by atoms with Gasteiger partial charge in [-0.15, -0.1) is 10.2 Å². The van der Waals surface area contributed by atoms with E-state index in [-0.39, 0.29) is 6.04 Å². The molecule has 4 rings (SSSR count). The second-order valence-corrected chi connectivity index (χ2v) is 7.51. The van der Waals surface area contributed by atoms with Crippen LogP contribution in [0.2, 0.25) is 5.02 Å². The fraction of sp³-hybridized carbons (Fsp3) is 0.381. The zero-order valence-corrected chi connectivity index (χ0v) is 17.7. The molecule has 30 heavy (non-hydrogen) atoms. The Balaban J connectivity index is 1.42. The Bertz CT molecular complexity index is 1000. The first-order valence-corrected chi connectivity index (χ1v) is 10.4. The van der Waals surface area contributed by atoms with Crippen molar-refractivity contribution in [2.45, 2.75) is 12.6 Å². The van der Waals surface area contributed by atoms with Gasteiger partial charge in [0.1, 0.15) is 0 Å². The van der Waals surface area contributed by atoms with E-state index in [1.165, 1.54) is 5.56 Å². The van der Waals surface area contributed by atoms with Crippen molar-refractivity contribution in [3.05, 3.63) is 65.1 Å². The molecule has 0 radical (unpaired) electrons. The number of pyridine rings is 1. The van der Waals surface area contributed by atoms with Gasteiger partial charge in [0, 0.05) is 37.9 Å². The standard InChI is InChI=1S/C21H26ClN7O/c1-23-21(25-15-20-27-26-19-7-2-3-8-29(19)20)24-14-18(28-9-11-30-12-10-28)16-5-4-6-17(22)13-16/h2-8,13,18H,9-12,14-15H2,1H3,(H2,23,24,25). The van der Waals surface area contributed by atoms with E-state index in [0.29, 0.717) is 19.0 Å². The van der Waals surface area contributed by atoms with Crippen molar-refractivity contribution in [2.75, 3.05) is 39.9 Å². The summed E-state index contributed by atoms with van der Waals surface area (Å²) >= 11 is 6.26. The lowest BCUT2D eigenvalue weighted by Crippen LogP contribution is -2.46. The second-order valence-electron chi connectivity index (χ2n) is 7.07. The van der Waals surface area contributed by atoms with Gasteiger partial charge in [-0.05, 0) is 29.8 Å². The van der Waals surface area contributed by atoms with Crippen LogP contribution in [0, 0.1) is 0 Å². The first kappa shape index (κ1) is 20.6. The van der Waals surface area contributed by atoms with Gasteiger partial charge in [0.25, 0.3) is 0 Å². The Kier molecular flexibility index (Phi) is 6.78. The molecule has 0 bridgehead atoms. The van der Waals surface area contributed by atoms with Crippen LogP contribution in [-0.4, -0.2) is 65.4 Å². The van der Waals surface area contributed by atoms with Crippen LogP contribution in [0.3, 0.4) is 0 Å². The molecule has 1 atom stereocenters. The predicted octanol–water partition coefficient (Wildman–Crippen LogP) is 2.12. The number of rotatable bonds is 6. The maximum atomic E-state index is 6.26. The summed E-state index contributed by atoms with van der Waals surface area (Å²) in [6.07, 6.45) is 1.95. The molecule has 158 valence electrons. The average Bonchev–Trinajstić information content (AvgIpc) is 3.20. The number of nitrogens with zero attached hydrogens (tertiary/aromatic N) is 5. The molecule has 8 nitrogen and oxygen atoms in total. The van der Waals surface area contributed by atoms with Crippen molar-refractivity contribution in [1.29, 1.82) is 0 Å². The highest BCUT2D eigenvalue weighted by molar-refractivity contribution is 6.30. The maximum Gasteiger partial charge on any atom is 0.191 e. The van der Waals surface area contributed by atoms with Gasteiger partial charge in [-0.25, -0.2) is 0 Å².